The second kappa shape index (κ2) is 5.83. The number of benzene rings is 1. The summed E-state index contributed by atoms with van der Waals surface area (Å²) in [6.07, 6.45) is 0. The van der Waals surface area contributed by atoms with Gasteiger partial charge in [-0.05, 0) is 37.5 Å². The van der Waals surface area contributed by atoms with Crippen LogP contribution in [0.4, 0.5) is 0 Å². The second-order valence-electron chi connectivity index (χ2n) is 6.10. The van der Waals surface area contributed by atoms with Gasteiger partial charge in [0.25, 0.3) is 5.91 Å². The summed E-state index contributed by atoms with van der Waals surface area (Å²) < 4.78 is 0. The van der Waals surface area contributed by atoms with Crippen LogP contribution in [0.15, 0.2) is 18.2 Å². The maximum Gasteiger partial charge on any atom is 0.274 e. The Morgan fingerprint density at radius 3 is 2.65 bits per heavy atom. The first-order valence-electron chi connectivity index (χ1n) is 7.60. The van der Waals surface area contributed by atoms with Gasteiger partial charge in [0.15, 0.2) is 5.69 Å². The van der Waals surface area contributed by atoms with Crippen LogP contribution in [-0.4, -0.2) is 31.3 Å². The van der Waals surface area contributed by atoms with Crippen molar-refractivity contribution in [3.8, 4) is 0 Å². The highest BCUT2D eigenvalue weighted by Crippen LogP contribution is 2.23. The van der Waals surface area contributed by atoms with Crippen molar-refractivity contribution < 1.29 is 4.79 Å². The minimum Gasteiger partial charge on any atom is -0.340 e. The predicted octanol–water partition coefficient (Wildman–Crippen LogP) is 2.42. The predicted molar refractivity (Wildman–Crippen MR) is 87.0 cm³/mol. The lowest BCUT2D eigenvalue weighted by molar-refractivity contribution is 0.0917. The zero-order valence-corrected chi connectivity index (χ0v) is 13.6. The minimum absolute atomic E-state index is 0.174. The standard InChI is InChI=1S/C16H20N6O/c1-8(2)13(19-16(23)14-10(4)20-22-21-14)15-17-11-6-5-9(3)7-12(11)18-15/h5-8,13H,1-4H3,(H,17,18)(H,19,23)(H,20,21,22)/t13-/m1/s1. The molecule has 0 saturated heterocycles. The van der Waals surface area contributed by atoms with Gasteiger partial charge in [-0.3, -0.25) is 4.79 Å². The third kappa shape index (κ3) is 2.94. The molecule has 7 nitrogen and oxygen atoms in total. The van der Waals surface area contributed by atoms with Gasteiger partial charge in [-0.15, -0.1) is 0 Å². The Labute approximate surface area is 133 Å². The fourth-order valence-electron chi connectivity index (χ4n) is 2.55. The number of H-pyrrole nitrogens is 2. The normalized spacial score (nSPS) is 12.7. The molecule has 3 aromatic rings. The number of imidazole rings is 1. The van der Waals surface area contributed by atoms with Gasteiger partial charge in [0.1, 0.15) is 5.82 Å². The van der Waals surface area contributed by atoms with E-state index in [-0.39, 0.29) is 17.9 Å². The Bertz CT molecular complexity index is 847. The van der Waals surface area contributed by atoms with Crippen LogP contribution in [0.25, 0.3) is 11.0 Å². The van der Waals surface area contributed by atoms with E-state index in [1.165, 1.54) is 0 Å². The monoisotopic (exact) mass is 312 g/mol. The third-order valence-corrected chi connectivity index (χ3v) is 3.84. The Hall–Kier alpha value is -2.70. The number of aromatic amines is 2. The van der Waals surface area contributed by atoms with Crippen LogP contribution in [0.2, 0.25) is 0 Å². The van der Waals surface area contributed by atoms with Gasteiger partial charge < -0.3 is 10.3 Å². The summed E-state index contributed by atoms with van der Waals surface area (Å²) in [6, 6.07) is 5.82. The van der Waals surface area contributed by atoms with E-state index in [1.807, 2.05) is 39.0 Å². The van der Waals surface area contributed by atoms with Crippen molar-refractivity contribution in [1.82, 2.24) is 30.7 Å². The van der Waals surface area contributed by atoms with E-state index in [0.717, 1.165) is 22.4 Å². The van der Waals surface area contributed by atoms with Crippen molar-refractivity contribution in [3.63, 3.8) is 0 Å². The summed E-state index contributed by atoms with van der Waals surface area (Å²) in [5.74, 6) is 0.662. The van der Waals surface area contributed by atoms with Gasteiger partial charge in [0, 0.05) is 0 Å². The molecule has 2 aromatic heterocycles. The van der Waals surface area contributed by atoms with Crippen molar-refractivity contribution in [1.29, 1.82) is 0 Å². The quantitative estimate of drug-likeness (QED) is 0.689. The molecule has 0 aliphatic rings. The van der Waals surface area contributed by atoms with E-state index in [9.17, 15) is 4.79 Å². The van der Waals surface area contributed by atoms with Gasteiger partial charge in [-0.1, -0.05) is 19.9 Å². The summed E-state index contributed by atoms with van der Waals surface area (Å²) in [5, 5.41) is 13.2. The molecular weight excluding hydrogens is 292 g/mol. The van der Waals surface area contributed by atoms with Gasteiger partial charge in [0.05, 0.1) is 22.8 Å². The summed E-state index contributed by atoms with van der Waals surface area (Å²) in [7, 11) is 0. The topological polar surface area (TPSA) is 99.3 Å². The van der Waals surface area contributed by atoms with Crippen molar-refractivity contribution in [2.24, 2.45) is 5.92 Å². The van der Waals surface area contributed by atoms with Crippen LogP contribution in [0.5, 0.6) is 0 Å². The van der Waals surface area contributed by atoms with E-state index in [4.69, 9.17) is 0 Å². The van der Waals surface area contributed by atoms with Crippen molar-refractivity contribution in [2.75, 3.05) is 0 Å². The molecule has 0 radical (unpaired) electrons. The largest absolute Gasteiger partial charge is 0.340 e. The van der Waals surface area contributed by atoms with Crippen LogP contribution >= 0.6 is 0 Å². The molecule has 2 heterocycles. The molecule has 7 heteroatoms. The Kier molecular flexibility index (Phi) is 3.85. The SMILES string of the molecule is Cc1ccc2nc([C@H](NC(=O)c3n[nH]nc3C)C(C)C)[nH]c2c1. The first-order chi connectivity index (χ1) is 11.0. The Morgan fingerprint density at radius 2 is 2.00 bits per heavy atom. The molecule has 0 spiro atoms. The summed E-state index contributed by atoms with van der Waals surface area (Å²) >= 11 is 0. The van der Waals surface area contributed by atoms with E-state index >= 15 is 0 Å². The third-order valence-electron chi connectivity index (χ3n) is 3.84. The van der Waals surface area contributed by atoms with E-state index in [2.05, 4.69) is 30.7 Å². The number of hydrogen-bond acceptors (Lipinski definition) is 4. The molecule has 0 unspecified atom stereocenters. The zero-order valence-electron chi connectivity index (χ0n) is 13.6. The molecule has 3 rings (SSSR count). The molecule has 120 valence electrons. The van der Waals surface area contributed by atoms with Crippen molar-refractivity contribution in [2.45, 2.75) is 33.7 Å². The van der Waals surface area contributed by atoms with Gasteiger partial charge >= 0.3 is 0 Å². The first-order valence-corrected chi connectivity index (χ1v) is 7.60. The smallest absolute Gasteiger partial charge is 0.274 e. The van der Waals surface area contributed by atoms with Crippen molar-refractivity contribution >= 4 is 16.9 Å². The number of nitrogens with one attached hydrogen (secondary N) is 3. The van der Waals surface area contributed by atoms with E-state index in [1.54, 1.807) is 6.92 Å². The highest BCUT2D eigenvalue weighted by atomic mass is 16.2. The molecule has 3 N–H and O–H groups in total. The van der Waals surface area contributed by atoms with Crippen LogP contribution < -0.4 is 5.32 Å². The lowest BCUT2D eigenvalue weighted by atomic mass is 10.0. The summed E-state index contributed by atoms with van der Waals surface area (Å²) in [6.45, 7) is 7.86. The molecule has 23 heavy (non-hydrogen) atoms. The minimum atomic E-state index is -0.258. The fraction of sp³-hybridized carbons (Fsp3) is 0.375. The average molecular weight is 312 g/mol. The fourth-order valence-corrected chi connectivity index (χ4v) is 2.55. The van der Waals surface area contributed by atoms with Gasteiger partial charge in [-0.2, -0.15) is 15.4 Å². The molecule has 0 aliphatic carbocycles. The maximum atomic E-state index is 12.4. The number of aromatic nitrogens is 5. The first kappa shape index (κ1) is 15.2. The van der Waals surface area contributed by atoms with Crippen molar-refractivity contribution in [3.05, 3.63) is 41.0 Å². The second-order valence-corrected chi connectivity index (χ2v) is 6.10. The molecule has 0 fully saturated rings. The molecule has 0 aliphatic heterocycles. The maximum absolute atomic E-state index is 12.4. The molecule has 1 aromatic carbocycles. The number of hydrogen-bond donors (Lipinski definition) is 3. The number of fused-ring (bicyclic) bond motifs is 1. The number of aryl methyl sites for hydroxylation is 2. The van der Waals surface area contributed by atoms with E-state index < -0.39 is 0 Å². The number of nitrogens with zero attached hydrogens (tertiary/aromatic N) is 3. The van der Waals surface area contributed by atoms with Gasteiger partial charge in [0.2, 0.25) is 0 Å². The highest BCUT2D eigenvalue weighted by Gasteiger charge is 2.24. The molecule has 1 atom stereocenters. The number of carbonyl (C=O) groups excluding carboxylic acids is 1. The van der Waals surface area contributed by atoms with Crippen LogP contribution in [0, 0.1) is 19.8 Å². The van der Waals surface area contributed by atoms with E-state index in [0.29, 0.717) is 11.4 Å². The summed E-state index contributed by atoms with van der Waals surface area (Å²) in [5.41, 5.74) is 3.91. The van der Waals surface area contributed by atoms with Crippen LogP contribution in [0.1, 0.15) is 47.5 Å². The Morgan fingerprint density at radius 1 is 1.22 bits per heavy atom. The number of carbonyl (C=O) groups is 1. The molecule has 0 bridgehead atoms. The van der Waals surface area contributed by atoms with Crippen LogP contribution in [-0.2, 0) is 0 Å². The molecular formula is C16H20N6O. The lowest BCUT2D eigenvalue weighted by Gasteiger charge is -2.19. The average Bonchev–Trinajstić information content (AvgIpc) is 3.09. The van der Waals surface area contributed by atoms with Crippen LogP contribution in [0.3, 0.4) is 0 Å². The number of amides is 1. The zero-order chi connectivity index (χ0) is 16.6. The number of rotatable bonds is 4. The molecule has 1 amide bonds. The lowest BCUT2D eigenvalue weighted by Crippen LogP contribution is -2.33. The highest BCUT2D eigenvalue weighted by molar-refractivity contribution is 5.93. The summed E-state index contributed by atoms with van der Waals surface area (Å²) in [4.78, 5) is 20.3. The molecule has 0 saturated carbocycles. The van der Waals surface area contributed by atoms with Gasteiger partial charge in [-0.25, -0.2) is 4.98 Å². The Balaban J connectivity index is 1.91.